The van der Waals surface area contributed by atoms with Crippen molar-refractivity contribution in [1.82, 2.24) is 19.6 Å². The van der Waals surface area contributed by atoms with Crippen molar-refractivity contribution >= 4 is 22.9 Å². The number of halogens is 3. The molecule has 0 spiro atoms. The summed E-state index contributed by atoms with van der Waals surface area (Å²) in [5.74, 6) is -0.333. The smallest absolute Gasteiger partial charge is 0.254 e. The van der Waals surface area contributed by atoms with E-state index < -0.39 is 6.43 Å². The van der Waals surface area contributed by atoms with Gasteiger partial charge in [0.15, 0.2) is 0 Å². The van der Waals surface area contributed by atoms with E-state index >= 15 is 0 Å². The molecule has 1 saturated heterocycles. The number of pyridine rings is 1. The van der Waals surface area contributed by atoms with E-state index in [1.165, 1.54) is 12.1 Å². The number of ether oxygens (including phenoxy) is 1. The number of aromatic nitrogens is 2. The number of rotatable bonds is 8. The largest absolute Gasteiger partial charge is 0.381 e. The highest BCUT2D eigenvalue weighted by Crippen LogP contribution is 2.37. The summed E-state index contributed by atoms with van der Waals surface area (Å²) in [4.78, 5) is 18.9. The van der Waals surface area contributed by atoms with Gasteiger partial charge in [0.25, 0.3) is 12.3 Å². The summed E-state index contributed by atoms with van der Waals surface area (Å²) in [7, 11) is 1.69. The number of carbonyl (C=O) groups excluding carboxylic acids is 1. The Bertz CT molecular complexity index is 1550. The van der Waals surface area contributed by atoms with Crippen molar-refractivity contribution in [1.29, 1.82) is 0 Å². The van der Waals surface area contributed by atoms with Gasteiger partial charge in [0.2, 0.25) is 0 Å². The fourth-order valence-corrected chi connectivity index (χ4v) is 5.59. The zero-order valence-corrected chi connectivity index (χ0v) is 21.4. The van der Waals surface area contributed by atoms with Crippen LogP contribution in [-0.2, 0) is 17.8 Å². The highest BCUT2D eigenvalue weighted by molar-refractivity contribution is 6.06. The number of amides is 1. The predicted molar refractivity (Wildman–Crippen MR) is 142 cm³/mol. The molecule has 2 aliphatic rings. The first kappa shape index (κ1) is 25.4. The lowest BCUT2D eigenvalue weighted by Gasteiger charge is -2.22. The normalized spacial score (nSPS) is 16.9. The van der Waals surface area contributed by atoms with Gasteiger partial charge in [-0.05, 0) is 54.4 Å². The Morgan fingerprint density at radius 2 is 2.10 bits per heavy atom. The molecule has 1 fully saturated rings. The van der Waals surface area contributed by atoms with Gasteiger partial charge in [-0.1, -0.05) is 12.1 Å². The van der Waals surface area contributed by atoms with Gasteiger partial charge in [0.1, 0.15) is 11.5 Å². The van der Waals surface area contributed by atoms with Crippen LogP contribution >= 0.6 is 0 Å². The monoisotopic (exact) mass is 535 g/mol. The molecular formula is C29H28F3N5O2. The quantitative estimate of drug-likeness (QED) is 0.319. The summed E-state index contributed by atoms with van der Waals surface area (Å²) >= 11 is 0. The van der Waals surface area contributed by atoms with E-state index in [9.17, 15) is 18.0 Å². The third-order valence-corrected chi connectivity index (χ3v) is 7.40. The van der Waals surface area contributed by atoms with E-state index in [2.05, 4.69) is 15.6 Å². The molecule has 0 bridgehead atoms. The third-order valence-electron chi connectivity index (χ3n) is 7.40. The summed E-state index contributed by atoms with van der Waals surface area (Å²) in [5, 5.41) is 6.31. The zero-order valence-electron chi connectivity index (χ0n) is 21.4. The number of anilines is 2. The maximum absolute atomic E-state index is 13.7. The maximum Gasteiger partial charge on any atom is 0.254 e. The molecule has 7 nitrogen and oxygen atoms in total. The van der Waals surface area contributed by atoms with Crippen LogP contribution < -0.4 is 10.6 Å². The highest BCUT2D eigenvalue weighted by atomic mass is 19.3. The lowest BCUT2D eigenvalue weighted by molar-refractivity contribution is 0.0963. The summed E-state index contributed by atoms with van der Waals surface area (Å²) < 4.78 is 47.1. The first-order valence-corrected chi connectivity index (χ1v) is 12.9. The van der Waals surface area contributed by atoms with Gasteiger partial charge in [-0.25, -0.2) is 18.2 Å². The first-order chi connectivity index (χ1) is 18.9. The van der Waals surface area contributed by atoms with Crippen molar-refractivity contribution < 1.29 is 22.7 Å². The number of hydrogen-bond acceptors (Lipinski definition) is 5. The molecule has 0 saturated carbocycles. The molecule has 2 N–H and O–H groups in total. The summed E-state index contributed by atoms with van der Waals surface area (Å²) in [6, 6.07) is 12.5. The average molecular weight is 536 g/mol. The Kier molecular flexibility index (Phi) is 6.74. The van der Waals surface area contributed by atoms with Gasteiger partial charge in [-0.2, -0.15) is 0 Å². The molecule has 0 aliphatic carbocycles. The number of fused-ring (bicyclic) bond motifs is 2. The fraction of sp³-hybridized carbons (Fsp3) is 0.310. The Hall–Kier alpha value is -3.89. The number of nitrogens with one attached hydrogen (secondary N) is 2. The molecule has 0 radical (unpaired) electrons. The molecule has 2 aromatic carbocycles. The predicted octanol–water partition coefficient (Wildman–Crippen LogP) is 5.33. The van der Waals surface area contributed by atoms with Crippen molar-refractivity contribution in [2.24, 2.45) is 0 Å². The zero-order chi connectivity index (χ0) is 27.1. The van der Waals surface area contributed by atoms with Gasteiger partial charge in [0.05, 0.1) is 36.3 Å². The van der Waals surface area contributed by atoms with Crippen LogP contribution in [-0.4, -0.2) is 53.4 Å². The van der Waals surface area contributed by atoms with Crippen molar-refractivity contribution in [2.45, 2.75) is 31.9 Å². The van der Waals surface area contributed by atoms with Gasteiger partial charge >= 0.3 is 0 Å². The Morgan fingerprint density at radius 3 is 2.90 bits per heavy atom. The van der Waals surface area contributed by atoms with E-state index in [4.69, 9.17) is 4.74 Å². The number of benzene rings is 2. The molecule has 4 aromatic rings. The van der Waals surface area contributed by atoms with Crippen LogP contribution in [0.5, 0.6) is 0 Å². The van der Waals surface area contributed by atoms with Crippen LogP contribution in [0.15, 0.2) is 54.9 Å². The second kappa shape index (κ2) is 10.3. The summed E-state index contributed by atoms with van der Waals surface area (Å²) in [6.45, 7) is 1.72. The third kappa shape index (κ3) is 4.97. The van der Waals surface area contributed by atoms with Crippen LogP contribution in [0.2, 0.25) is 0 Å². The van der Waals surface area contributed by atoms with Crippen LogP contribution in [0, 0.1) is 5.82 Å². The Labute approximate surface area is 223 Å². The Balaban J connectivity index is 1.35. The van der Waals surface area contributed by atoms with E-state index in [0.717, 1.165) is 40.1 Å². The second-order valence-electron chi connectivity index (χ2n) is 10.1. The van der Waals surface area contributed by atoms with Crippen LogP contribution in [0.1, 0.15) is 39.4 Å². The number of carbonyl (C=O) groups is 1. The van der Waals surface area contributed by atoms with Gasteiger partial charge < -0.3 is 15.4 Å². The SMILES string of the molecule is CN(Cc1cc(Nc2ccc(-c3cnc4cc(F)ccn34)c3c2C(=O)NC3)ccc1[C@H]1CCOC1)CC(F)F. The van der Waals surface area contributed by atoms with Crippen molar-refractivity contribution in [3.63, 3.8) is 0 Å². The molecule has 10 heteroatoms. The van der Waals surface area contributed by atoms with Gasteiger partial charge in [-0.15, -0.1) is 0 Å². The minimum Gasteiger partial charge on any atom is -0.381 e. The fourth-order valence-electron chi connectivity index (χ4n) is 5.59. The molecule has 2 aromatic heterocycles. The molecule has 0 unspecified atom stereocenters. The van der Waals surface area contributed by atoms with Crippen molar-refractivity contribution in [2.75, 3.05) is 32.1 Å². The Morgan fingerprint density at radius 1 is 1.23 bits per heavy atom. The number of hydrogen-bond donors (Lipinski definition) is 2. The lowest BCUT2D eigenvalue weighted by Crippen LogP contribution is -2.25. The minimum absolute atomic E-state index is 0.189. The topological polar surface area (TPSA) is 70.9 Å². The summed E-state index contributed by atoms with van der Waals surface area (Å²) in [6.07, 6.45) is 1.78. The maximum atomic E-state index is 13.7. The molecule has 202 valence electrons. The second-order valence-corrected chi connectivity index (χ2v) is 10.1. The van der Waals surface area contributed by atoms with Gasteiger partial charge in [0, 0.05) is 49.1 Å². The van der Waals surface area contributed by atoms with E-state index in [-0.39, 0.29) is 24.2 Å². The van der Waals surface area contributed by atoms with Crippen molar-refractivity contribution in [3.05, 3.63) is 82.9 Å². The molecule has 1 atom stereocenters. The molecule has 1 amide bonds. The van der Waals surface area contributed by atoms with E-state index in [1.807, 2.05) is 30.3 Å². The van der Waals surface area contributed by atoms with E-state index in [0.29, 0.717) is 43.2 Å². The van der Waals surface area contributed by atoms with Crippen LogP contribution in [0.4, 0.5) is 24.5 Å². The standard InChI is InChI=1S/C29H28F3N5O2/c1-36(15-26(31)32)14-18-10-20(2-3-21(18)17-7-9-39-16-17)35-24-5-4-22(23-12-34-29(38)28(23)24)25-13-33-27-11-19(30)6-8-37(25)27/h2-6,8,10-11,13,17,26,35H,7,9,12,14-16H2,1H3,(H,34,38)/t17-/m0/s1. The highest BCUT2D eigenvalue weighted by Gasteiger charge is 2.28. The van der Waals surface area contributed by atoms with E-state index in [1.54, 1.807) is 28.7 Å². The summed E-state index contributed by atoms with van der Waals surface area (Å²) in [5.41, 5.74) is 6.90. The number of nitrogens with zero attached hydrogens (tertiary/aromatic N) is 3. The minimum atomic E-state index is -2.42. The molecular weight excluding hydrogens is 507 g/mol. The number of imidazole rings is 1. The van der Waals surface area contributed by atoms with Crippen LogP contribution in [0.3, 0.4) is 0 Å². The number of alkyl halides is 2. The van der Waals surface area contributed by atoms with Crippen LogP contribution in [0.25, 0.3) is 16.9 Å². The molecule has 4 heterocycles. The lowest BCUT2D eigenvalue weighted by atomic mass is 9.92. The molecule has 39 heavy (non-hydrogen) atoms. The van der Waals surface area contributed by atoms with Gasteiger partial charge in [-0.3, -0.25) is 14.1 Å². The van der Waals surface area contributed by atoms with Crippen molar-refractivity contribution in [3.8, 4) is 11.3 Å². The molecule has 6 rings (SSSR count). The molecule has 2 aliphatic heterocycles. The average Bonchev–Trinajstić information content (AvgIpc) is 3.65. The first-order valence-electron chi connectivity index (χ1n) is 12.9.